The topological polar surface area (TPSA) is 69.7 Å². The summed E-state index contributed by atoms with van der Waals surface area (Å²) < 4.78 is 0. The van der Waals surface area contributed by atoms with Crippen LogP contribution in [0.5, 0.6) is 0 Å². The first-order chi connectivity index (χ1) is 16.5. The van der Waals surface area contributed by atoms with E-state index in [1.807, 2.05) is 75.4 Å². The van der Waals surface area contributed by atoms with Crippen molar-refractivity contribution >= 4 is 34.2 Å². The molecule has 1 heterocycles. The second kappa shape index (κ2) is 10.1. The van der Waals surface area contributed by atoms with Crippen LogP contribution in [0.3, 0.4) is 0 Å². The Balaban J connectivity index is 1.65. The number of nitrogens with one attached hydrogen (secondary N) is 1. The van der Waals surface area contributed by atoms with Crippen molar-refractivity contribution in [2.24, 2.45) is 0 Å². The quantitative estimate of drug-likeness (QED) is 0.516. The van der Waals surface area contributed by atoms with Crippen LogP contribution < -0.4 is 10.2 Å². The second-order valence-corrected chi connectivity index (χ2v) is 8.74. The van der Waals surface area contributed by atoms with Gasteiger partial charge in [0.25, 0.3) is 5.91 Å². The van der Waals surface area contributed by atoms with E-state index in [9.17, 15) is 14.4 Å². The number of anilines is 1. The Morgan fingerprint density at radius 3 is 2.44 bits per heavy atom. The molecular weight excluding hydrogens is 426 g/mol. The third-order valence-corrected chi connectivity index (χ3v) is 6.48. The smallest absolute Gasteiger partial charge is 0.259 e. The number of carbonyl (C=O) groups is 3. The molecule has 0 saturated heterocycles. The van der Waals surface area contributed by atoms with Gasteiger partial charge in [0, 0.05) is 24.0 Å². The Morgan fingerprint density at radius 2 is 1.74 bits per heavy atom. The van der Waals surface area contributed by atoms with Gasteiger partial charge in [-0.1, -0.05) is 62.4 Å². The fourth-order valence-corrected chi connectivity index (χ4v) is 4.62. The molecule has 3 aromatic carbocycles. The van der Waals surface area contributed by atoms with Gasteiger partial charge in [-0.2, -0.15) is 0 Å². The highest BCUT2D eigenvalue weighted by Crippen LogP contribution is 2.37. The van der Waals surface area contributed by atoms with E-state index in [4.69, 9.17) is 0 Å². The van der Waals surface area contributed by atoms with Crippen LogP contribution in [-0.4, -0.2) is 41.8 Å². The second-order valence-electron chi connectivity index (χ2n) is 8.74. The van der Waals surface area contributed by atoms with Crippen LogP contribution in [0.15, 0.2) is 60.7 Å². The SMILES string of the molecule is CCCNC(=O)C(CC)N(Cc1ccccc1C)C(=O)CN1C(=O)c2cccc3cccc1c23. The van der Waals surface area contributed by atoms with Crippen LogP contribution in [0.4, 0.5) is 5.69 Å². The summed E-state index contributed by atoms with van der Waals surface area (Å²) in [5.74, 6) is -0.594. The Labute approximate surface area is 200 Å². The summed E-state index contributed by atoms with van der Waals surface area (Å²) in [5.41, 5.74) is 3.39. The maximum Gasteiger partial charge on any atom is 0.259 e. The van der Waals surface area contributed by atoms with Crippen molar-refractivity contribution in [1.29, 1.82) is 0 Å². The van der Waals surface area contributed by atoms with E-state index in [1.165, 1.54) is 0 Å². The predicted molar refractivity (Wildman–Crippen MR) is 135 cm³/mol. The summed E-state index contributed by atoms with van der Waals surface area (Å²) in [6, 6.07) is 18.6. The number of hydrogen-bond acceptors (Lipinski definition) is 3. The summed E-state index contributed by atoms with van der Waals surface area (Å²) in [4.78, 5) is 43.2. The molecule has 0 aliphatic carbocycles. The van der Waals surface area contributed by atoms with Gasteiger partial charge in [0.05, 0.1) is 5.69 Å². The number of aryl methyl sites for hydroxylation is 1. The fourth-order valence-electron chi connectivity index (χ4n) is 4.62. The molecule has 176 valence electrons. The number of rotatable bonds is 9. The zero-order chi connectivity index (χ0) is 24.2. The summed E-state index contributed by atoms with van der Waals surface area (Å²) in [5, 5.41) is 4.79. The molecule has 6 heteroatoms. The first kappa shape index (κ1) is 23.5. The summed E-state index contributed by atoms with van der Waals surface area (Å²) >= 11 is 0. The molecule has 1 N–H and O–H groups in total. The van der Waals surface area contributed by atoms with Crippen LogP contribution in [0.2, 0.25) is 0 Å². The minimum Gasteiger partial charge on any atom is -0.354 e. The molecular formula is C28H31N3O3. The van der Waals surface area contributed by atoms with Gasteiger partial charge in [0.2, 0.25) is 11.8 Å². The first-order valence-corrected chi connectivity index (χ1v) is 11.9. The van der Waals surface area contributed by atoms with Crippen molar-refractivity contribution in [1.82, 2.24) is 10.2 Å². The molecule has 34 heavy (non-hydrogen) atoms. The molecule has 0 radical (unpaired) electrons. The standard InChI is InChI=1S/C28H31N3O3/c1-4-16-29-27(33)23(5-2)30(17-21-11-7-6-10-19(21)3)25(32)18-31-24-15-9-13-20-12-8-14-22(26(20)24)28(31)34/h6-15,23H,4-5,16-18H2,1-3H3,(H,29,33). The number of nitrogens with zero attached hydrogens (tertiary/aromatic N) is 2. The van der Waals surface area contributed by atoms with Gasteiger partial charge in [-0.05, 0) is 48.4 Å². The monoisotopic (exact) mass is 457 g/mol. The maximum atomic E-state index is 13.8. The average molecular weight is 458 g/mol. The van der Waals surface area contributed by atoms with Crippen molar-refractivity contribution in [2.75, 3.05) is 18.0 Å². The normalized spacial score (nSPS) is 13.3. The van der Waals surface area contributed by atoms with Crippen LogP contribution >= 0.6 is 0 Å². The van der Waals surface area contributed by atoms with Gasteiger partial charge in [-0.3, -0.25) is 19.3 Å². The third kappa shape index (κ3) is 4.40. The summed E-state index contributed by atoms with van der Waals surface area (Å²) in [6.07, 6.45) is 1.30. The van der Waals surface area contributed by atoms with Crippen LogP contribution in [0.1, 0.15) is 48.2 Å². The lowest BCUT2D eigenvalue weighted by atomic mass is 10.1. The lowest BCUT2D eigenvalue weighted by Gasteiger charge is -2.32. The zero-order valence-electron chi connectivity index (χ0n) is 20.0. The number of benzene rings is 3. The Hall–Kier alpha value is -3.67. The lowest BCUT2D eigenvalue weighted by Crippen LogP contribution is -2.52. The average Bonchev–Trinajstić information content (AvgIpc) is 3.11. The highest BCUT2D eigenvalue weighted by molar-refractivity contribution is 6.26. The number of hydrogen-bond donors (Lipinski definition) is 1. The third-order valence-electron chi connectivity index (χ3n) is 6.48. The molecule has 3 amide bonds. The largest absolute Gasteiger partial charge is 0.354 e. The van der Waals surface area contributed by atoms with E-state index >= 15 is 0 Å². The van der Waals surface area contributed by atoms with Gasteiger partial charge in [-0.25, -0.2) is 0 Å². The summed E-state index contributed by atoms with van der Waals surface area (Å²) in [7, 11) is 0. The Morgan fingerprint density at radius 1 is 1.00 bits per heavy atom. The fraction of sp³-hybridized carbons (Fsp3) is 0.321. The van der Waals surface area contributed by atoms with Crippen LogP contribution in [0, 0.1) is 6.92 Å². The molecule has 0 fully saturated rings. The minimum absolute atomic E-state index is 0.115. The van der Waals surface area contributed by atoms with Crippen molar-refractivity contribution in [2.45, 2.75) is 46.2 Å². The van der Waals surface area contributed by atoms with Gasteiger partial charge < -0.3 is 10.2 Å². The summed E-state index contributed by atoms with van der Waals surface area (Å²) in [6.45, 7) is 6.65. The van der Waals surface area contributed by atoms with E-state index in [0.717, 1.165) is 34.0 Å². The molecule has 1 atom stereocenters. The van der Waals surface area contributed by atoms with Crippen molar-refractivity contribution in [3.8, 4) is 0 Å². The van der Waals surface area contributed by atoms with E-state index in [0.29, 0.717) is 25.1 Å². The van der Waals surface area contributed by atoms with Gasteiger partial charge in [-0.15, -0.1) is 0 Å². The maximum absolute atomic E-state index is 13.8. The van der Waals surface area contributed by atoms with Gasteiger partial charge in [0.15, 0.2) is 0 Å². The zero-order valence-corrected chi connectivity index (χ0v) is 20.0. The highest BCUT2D eigenvalue weighted by atomic mass is 16.2. The molecule has 0 saturated carbocycles. The molecule has 1 aliphatic heterocycles. The van der Waals surface area contributed by atoms with Crippen molar-refractivity contribution < 1.29 is 14.4 Å². The molecule has 4 rings (SSSR count). The van der Waals surface area contributed by atoms with E-state index in [1.54, 1.807) is 15.9 Å². The van der Waals surface area contributed by atoms with Crippen molar-refractivity contribution in [3.63, 3.8) is 0 Å². The lowest BCUT2D eigenvalue weighted by molar-refractivity contribution is -0.140. The van der Waals surface area contributed by atoms with E-state index < -0.39 is 6.04 Å². The number of carbonyl (C=O) groups excluding carboxylic acids is 3. The van der Waals surface area contributed by atoms with Crippen molar-refractivity contribution in [3.05, 3.63) is 77.4 Å². The molecule has 1 aliphatic rings. The van der Waals surface area contributed by atoms with Gasteiger partial charge >= 0.3 is 0 Å². The molecule has 1 unspecified atom stereocenters. The molecule has 6 nitrogen and oxygen atoms in total. The minimum atomic E-state index is -0.616. The molecule has 0 spiro atoms. The number of amides is 3. The highest BCUT2D eigenvalue weighted by Gasteiger charge is 2.35. The predicted octanol–water partition coefficient (Wildman–Crippen LogP) is 4.44. The van der Waals surface area contributed by atoms with Crippen LogP contribution in [-0.2, 0) is 16.1 Å². The first-order valence-electron chi connectivity index (χ1n) is 11.9. The molecule has 0 bridgehead atoms. The Kier molecular flexibility index (Phi) is 6.96. The van der Waals surface area contributed by atoms with E-state index in [-0.39, 0.29) is 24.3 Å². The van der Waals surface area contributed by atoms with Gasteiger partial charge in [0.1, 0.15) is 12.6 Å². The molecule has 3 aromatic rings. The van der Waals surface area contributed by atoms with Crippen LogP contribution in [0.25, 0.3) is 10.8 Å². The van der Waals surface area contributed by atoms with E-state index in [2.05, 4.69) is 5.32 Å². The Bertz CT molecular complexity index is 1230. The molecule has 0 aromatic heterocycles.